The van der Waals surface area contributed by atoms with Gasteiger partial charge >= 0.3 is 5.97 Å². The minimum absolute atomic E-state index is 0.249. The first-order valence-electron chi connectivity index (χ1n) is 22.3. The van der Waals surface area contributed by atoms with Crippen LogP contribution in [-0.4, -0.2) is 148 Å². The summed E-state index contributed by atoms with van der Waals surface area (Å²) in [6, 6.07) is -13.8. The van der Waals surface area contributed by atoms with Crippen LogP contribution in [0.4, 0.5) is 0 Å². The molecule has 26 N–H and O–H groups in total. The van der Waals surface area contributed by atoms with Crippen molar-refractivity contribution in [2.45, 2.75) is 151 Å². The van der Waals surface area contributed by atoms with Crippen molar-refractivity contribution in [3.63, 3.8) is 0 Å². The summed E-state index contributed by atoms with van der Waals surface area (Å²) < 4.78 is 0. The highest BCUT2D eigenvalue weighted by Crippen LogP contribution is 2.10. The molecule has 0 saturated heterocycles. The molecule has 0 aliphatic rings. The Kier molecular flexibility index (Phi) is 29.3. The maximum atomic E-state index is 13.9. The molecule has 0 fully saturated rings. The molecule has 0 rings (SSSR count). The maximum absolute atomic E-state index is 13.9. The number of rotatable bonds is 39. The molecule has 0 saturated carbocycles. The average molecular weight is 1050 g/mol. The molecule has 0 heterocycles. The van der Waals surface area contributed by atoms with Gasteiger partial charge in [0.25, 0.3) is 0 Å². The van der Waals surface area contributed by atoms with Gasteiger partial charge in [0.2, 0.25) is 88.6 Å². The van der Waals surface area contributed by atoms with Gasteiger partial charge < -0.3 is 93.9 Å². The van der Waals surface area contributed by atoms with Crippen LogP contribution in [0.1, 0.15) is 103 Å². The minimum Gasteiger partial charge on any atom is -0.480 e. The van der Waals surface area contributed by atoms with Crippen molar-refractivity contribution < 1.29 is 81.8 Å². The summed E-state index contributed by atoms with van der Waals surface area (Å²) in [4.78, 5) is 200. The zero-order valence-electron chi connectivity index (χ0n) is 39.6. The molecule has 0 aliphatic heterocycles. The van der Waals surface area contributed by atoms with E-state index in [0.29, 0.717) is 0 Å². The van der Waals surface area contributed by atoms with Crippen LogP contribution in [0.25, 0.3) is 0 Å². The van der Waals surface area contributed by atoms with E-state index in [2.05, 4.69) is 37.2 Å². The standard InChI is InChI=1S/C40H66N16O17/c41-17(1-9-25(42)57)33(65)50-18(2-10-26(43)58)34(66)51-19(3-11-27(44)59)35(67)52-20(4-12-28(45)60)36(68)53-21(5-13-29(46)61)37(69)54-22(6-14-30(47)62)38(70)55-23(7-15-31(48)63)39(71)56-24(40(72)73)8-16-32(49)64/h17-24H,1-16,41H2,(H2,42,57)(H2,43,58)(H2,44,59)(H2,45,60)(H2,46,61)(H2,47,62)(H2,48,63)(H2,49,64)(H,50,65)(H,51,66)(H,52,67)(H,53,68)(H,54,69)(H,55,70)(H,56,71)(H,72,73)/t17-,18-,19-,20-,21-,22-,23-,24-/m0/s1/i20+1,36+1. The van der Waals surface area contributed by atoms with E-state index in [0.717, 1.165) is 0 Å². The lowest BCUT2D eigenvalue weighted by atomic mass is 10.0. The number of nitrogens with two attached hydrogens (primary N) is 9. The summed E-state index contributed by atoms with van der Waals surface area (Å²) in [5, 5.41) is 25.1. The molecule has 0 aromatic carbocycles. The van der Waals surface area contributed by atoms with Crippen LogP contribution in [0, 0.1) is 0 Å². The van der Waals surface area contributed by atoms with E-state index in [1.165, 1.54) is 0 Å². The summed E-state index contributed by atoms with van der Waals surface area (Å²) in [5.74, 6) is -17.6. The van der Waals surface area contributed by atoms with Crippen LogP contribution < -0.4 is 88.8 Å². The Labute approximate surface area is 415 Å². The molecule has 0 spiro atoms. The third-order valence-corrected chi connectivity index (χ3v) is 10.2. The Hall–Kier alpha value is -8.52. The molecule has 408 valence electrons. The van der Waals surface area contributed by atoms with Crippen molar-refractivity contribution in [1.29, 1.82) is 0 Å². The molecular formula is C40H66N16O17. The number of aliphatic carboxylic acids is 1. The lowest BCUT2D eigenvalue weighted by molar-refractivity contribution is -0.143. The van der Waals surface area contributed by atoms with Crippen LogP contribution in [0.15, 0.2) is 0 Å². The quantitative estimate of drug-likeness (QED) is 0.0254. The predicted octanol–water partition coefficient (Wildman–Crippen LogP) is -10.1. The topological polar surface area (TPSA) is 612 Å². The molecule has 8 atom stereocenters. The van der Waals surface area contributed by atoms with Crippen LogP contribution in [0.5, 0.6) is 0 Å². The van der Waals surface area contributed by atoms with Gasteiger partial charge in [-0.05, 0) is 51.4 Å². The molecule has 0 unspecified atom stereocenters. The number of carbonyl (C=O) groups is 16. The second-order valence-corrected chi connectivity index (χ2v) is 16.4. The van der Waals surface area contributed by atoms with Crippen molar-refractivity contribution in [3.05, 3.63) is 0 Å². The van der Waals surface area contributed by atoms with Gasteiger partial charge in [-0.25, -0.2) is 4.79 Å². The first kappa shape index (κ1) is 64.5. The van der Waals surface area contributed by atoms with Crippen molar-refractivity contribution >= 4 is 94.6 Å². The Morgan fingerprint density at radius 2 is 0.411 bits per heavy atom. The van der Waals surface area contributed by atoms with Crippen molar-refractivity contribution in [3.8, 4) is 0 Å². The van der Waals surface area contributed by atoms with Gasteiger partial charge in [-0.3, -0.25) is 71.9 Å². The number of hydrogen-bond donors (Lipinski definition) is 17. The zero-order valence-corrected chi connectivity index (χ0v) is 39.6. The van der Waals surface area contributed by atoms with E-state index in [1.807, 2.05) is 0 Å². The summed E-state index contributed by atoms with van der Waals surface area (Å²) in [6.07, 6.45) is -8.44. The summed E-state index contributed by atoms with van der Waals surface area (Å²) >= 11 is 0. The highest BCUT2D eigenvalue weighted by atomic mass is 16.4. The van der Waals surface area contributed by atoms with Gasteiger partial charge in [-0.15, -0.1) is 0 Å². The van der Waals surface area contributed by atoms with Gasteiger partial charge in [0.15, 0.2) is 0 Å². The fourth-order valence-corrected chi connectivity index (χ4v) is 6.22. The first-order valence-corrected chi connectivity index (χ1v) is 22.3. The molecule has 73 heavy (non-hydrogen) atoms. The molecule has 0 aromatic rings. The van der Waals surface area contributed by atoms with E-state index in [9.17, 15) is 81.8 Å². The van der Waals surface area contributed by atoms with E-state index >= 15 is 0 Å². The molecule has 15 amide bonds. The molecule has 0 radical (unpaired) electrons. The number of amides is 15. The predicted molar refractivity (Wildman–Crippen MR) is 247 cm³/mol. The highest BCUT2D eigenvalue weighted by molar-refractivity contribution is 5.98. The highest BCUT2D eigenvalue weighted by Gasteiger charge is 2.35. The van der Waals surface area contributed by atoms with Crippen LogP contribution in [0.2, 0.25) is 0 Å². The number of hydrogen-bond acceptors (Lipinski definition) is 17. The molecule has 0 aliphatic carbocycles. The zero-order chi connectivity index (χ0) is 56.1. The summed E-state index contributed by atoms with van der Waals surface area (Å²) in [5.41, 5.74) is 47.6. The van der Waals surface area contributed by atoms with Gasteiger partial charge in [-0.1, -0.05) is 0 Å². The second-order valence-electron chi connectivity index (χ2n) is 16.4. The van der Waals surface area contributed by atoms with Crippen LogP contribution in [0.3, 0.4) is 0 Å². The van der Waals surface area contributed by atoms with E-state index in [4.69, 9.17) is 51.6 Å². The second kappa shape index (κ2) is 33.1. The number of primary amides is 8. The minimum atomic E-state index is -1.86. The summed E-state index contributed by atoms with van der Waals surface area (Å²) in [6.45, 7) is 0. The SMILES string of the molecule is NC(=O)CC[C@H](NC(=O)[C@H](CCC(N)=O)NC(=O)[C@H](CCC(N)=O)NC(=O)[C@H](CCC(N)=O)N[13C](=O)[13C@H](CCC(N)=O)NC(=O)[C@H](CCC(N)=O)NC(=O)[C@H](CCC(N)=O)NC(=O)[C@@H](N)CCC(N)=O)C(=O)O. The van der Waals surface area contributed by atoms with Crippen molar-refractivity contribution in [1.82, 2.24) is 37.2 Å². The number of carboxylic acids is 1. The fraction of sp³-hybridized carbons (Fsp3) is 0.600. The largest absolute Gasteiger partial charge is 0.480 e. The maximum Gasteiger partial charge on any atom is 0.326 e. The van der Waals surface area contributed by atoms with Crippen LogP contribution >= 0.6 is 0 Å². The molecule has 0 aromatic heterocycles. The van der Waals surface area contributed by atoms with Crippen molar-refractivity contribution in [2.24, 2.45) is 51.6 Å². The Bertz CT molecular complexity index is 2090. The number of carboxylic acid groups (broad SMARTS) is 1. The Balaban J connectivity index is 6.91. The van der Waals surface area contributed by atoms with Gasteiger partial charge in [-0.2, -0.15) is 0 Å². The smallest absolute Gasteiger partial charge is 0.326 e. The molecule has 33 nitrogen and oxygen atoms in total. The fourth-order valence-electron chi connectivity index (χ4n) is 6.22. The van der Waals surface area contributed by atoms with E-state index in [1.54, 1.807) is 0 Å². The lowest BCUT2D eigenvalue weighted by Gasteiger charge is -2.28. The number of nitrogens with one attached hydrogen (secondary N) is 7. The van der Waals surface area contributed by atoms with Gasteiger partial charge in [0.1, 0.15) is 42.3 Å². The summed E-state index contributed by atoms with van der Waals surface area (Å²) in [7, 11) is 0. The lowest BCUT2D eigenvalue weighted by Crippen LogP contribution is -2.60. The van der Waals surface area contributed by atoms with Gasteiger partial charge in [0.05, 0.1) is 6.04 Å². The normalized spacial score (nSPS) is 14.0. The van der Waals surface area contributed by atoms with Gasteiger partial charge in [0, 0.05) is 51.4 Å². The molecular weight excluding hydrogens is 979 g/mol. The third kappa shape index (κ3) is 28.7. The Morgan fingerprint density at radius 3 is 0.589 bits per heavy atom. The molecule has 33 heteroatoms. The monoisotopic (exact) mass is 1040 g/mol. The van der Waals surface area contributed by atoms with Crippen molar-refractivity contribution in [2.75, 3.05) is 0 Å². The molecule has 0 bridgehead atoms. The third-order valence-electron chi connectivity index (χ3n) is 10.2. The first-order chi connectivity index (χ1) is 33.9. The van der Waals surface area contributed by atoms with E-state index in [-0.39, 0.29) is 12.8 Å². The van der Waals surface area contributed by atoms with E-state index < -0.39 is 233 Å². The average Bonchev–Trinajstić information content (AvgIpc) is 3.28. The Morgan fingerprint density at radius 1 is 0.260 bits per heavy atom. The van der Waals surface area contributed by atoms with Crippen LogP contribution in [-0.2, 0) is 76.7 Å². The number of carbonyl (C=O) groups excluding carboxylic acids is 15.